The molecule has 3 atom stereocenters. The summed E-state index contributed by atoms with van der Waals surface area (Å²) < 4.78 is 2.00. The van der Waals surface area contributed by atoms with Gasteiger partial charge in [-0.2, -0.15) is 5.10 Å². The maximum atomic E-state index is 13.2. The zero-order valence-electron chi connectivity index (χ0n) is 15.7. The van der Waals surface area contributed by atoms with Gasteiger partial charge in [0.1, 0.15) is 0 Å². The Bertz CT molecular complexity index is 859. The predicted octanol–water partition coefficient (Wildman–Crippen LogP) is 2.36. The van der Waals surface area contributed by atoms with Gasteiger partial charge in [-0.15, -0.1) is 0 Å². The zero-order valence-corrected chi connectivity index (χ0v) is 15.7. The third kappa shape index (κ3) is 2.54. The number of carbonyl (C=O) groups is 1. The number of amides is 1. The van der Waals surface area contributed by atoms with Crippen LogP contribution >= 0.6 is 0 Å². The molecule has 3 aliphatic rings. The van der Waals surface area contributed by atoms with E-state index in [0.29, 0.717) is 24.4 Å². The highest BCUT2D eigenvalue weighted by Gasteiger charge is 2.44. The Morgan fingerprint density at radius 3 is 3.04 bits per heavy atom. The highest BCUT2D eigenvalue weighted by Crippen LogP contribution is 2.43. The van der Waals surface area contributed by atoms with Crippen LogP contribution in [0.2, 0.25) is 0 Å². The van der Waals surface area contributed by atoms with E-state index in [2.05, 4.69) is 26.8 Å². The fourth-order valence-corrected chi connectivity index (χ4v) is 5.28. The quantitative estimate of drug-likeness (QED) is 0.832. The number of carbonyl (C=O) groups excluding carboxylic acids is 1. The Morgan fingerprint density at radius 1 is 1.31 bits per heavy atom. The summed E-state index contributed by atoms with van der Waals surface area (Å²) in [5.41, 5.74) is 4.37. The Balaban J connectivity index is 1.42. The second kappa shape index (κ2) is 6.05. The molecule has 0 aliphatic carbocycles. The van der Waals surface area contributed by atoms with E-state index in [4.69, 9.17) is 0 Å². The second-order valence-electron chi connectivity index (χ2n) is 8.45. The predicted molar refractivity (Wildman–Crippen MR) is 98.9 cm³/mol. The number of rotatable bonds is 2. The Hall–Kier alpha value is -1.95. The van der Waals surface area contributed by atoms with E-state index >= 15 is 0 Å². The molecule has 0 unspecified atom stereocenters. The molecule has 6 heteroatoms. The molecule has 26 heavy (non-hydrogen) atoms. The number of nitrogens with zero attached hydrogens (tertiary/aromatic N) is 5. The van der Waals surface area contributed by atoms with Gasteiger partial charge in [-0.3, -0.25) is 9.69 Å². The van der Waals surface area contributed by atoms with Gasteiger partial charge in [0.2, 0.25) is 5.91 Å². The highest BCUT2D eigenvalue weighted by atomic mass is 16.2. The van der Waals surface area contributed by atoms with Gasteiger partial charge in [-0.1, -0.05) is 6.92 Å². The second-order valence-corrected chi connectivity index (χ2v) is 8.45. The molecule has 6 nitrogen and oxygen atoms in total. The van der Waals surface area contributed by atoms with Gasteiger partial charge in [0.15, 0.2) is 5.65 Å². The van der Waals surface area contributed by atoms with Gasteiger partial charge < -0.3 is 4.90 Å². The van der Waals surface area contributed by atoms with Crippen molar-refractivity contribution in [3.05, 3.63) is 29.2 Å². The van der Waals surface area contributed by atoms with Crippen LogP contribution in [0, 0.1) is 12.8 Å². The molecule has 138 valence electrons. The monoisotopic (exact) mass is 353 g/mol. The highest BCUT2D eigenvalue weighted by molar-refractivity contribution is 5.80. The van der Waals surface area contributed by atoms with E-state index in [1.165, 1.54) is 24.1 Å². The SMILES string of the molecule is Cc1cc2ncc3c(n2n1)C[C@H]1CC[C@H]3N1C(=O)CN1CCC[C@H](C)C1. The van der Waals surface area contributed by atoms with Crippen LogP contribution in [0.5, 0.6) is 0 Å². The Kier molecular flexibility index (Phi) is 3.78. The van der Waals surface area contributed by atoms with Crippen molar-refractivity contribution in [1.29, 1.82) is 0 Å². The van der Waals surface area contributed by atoms with E-state index in [9.17, 15) is 4.79 Å². The van der Waals surface area contributed by atoms with Crippen molar-refractivity contribution in [3.63, 3.8) is 0 Å². The molecule has 0 aromatic carbocycles. The molecule has 0 radical (unpaired) electrons. The lowest BCUT2D eigenvalue weighted by molar-refractivity contribution is -0.136. The summed E-state index contributed by atoms with van der Waals surface area (Å²) in [5.74, 6) is 1.00. The molecule has 0 saturated carbocycles. The minimum atomic E-state index is 0.180. The number of aryl methyl sites for hydroxylation is 1. The zero-order chi connectivity index (χ0) is 17.8. The number of hydrogen-bond acceptors (Lipinski definition) is 4. The molecule has 5 rings (SSSR count). The number of piperidine rings is 1. The minimum Gasteiger partial charge on any atom is -0.331 e. The Morgan fingerprint density at radius 2 is 2.19 bits per heavy atom. The molecule has 2 saturated heterocycles. The number of fused-ring (bicyclic) bond motifs is 6. The van der Waals surface area contributed by atoms with Gasteiger partial charge in [-0.25, -0.2) is 9.50 Å². The summed E-state index contributed by atoms with van der Waals surface area (Å²) in [5, 5.41) is 4.64. The topological polar surface area (TPSA) is 53.7 Å². The average molecular weight is 353 g/mol. The van der Waals surface area contributed by atoms with Crippen LogP contribution in [0.1, 0.15) is 55.6 Å². The summed E-state index contributed by atoms with van der Waals surface area (Å²) in [6.45, 7) is 6.99. The van der Waals surface area contributed by atoms with Crippen molar-refractivity contribution < 1.29 is 4.79 Å². The van der Waals surface area contributed by atoms with Gasteiger partial charge >= 0.3 is 0 Å². The van der Waals surface area contributed by atoms with Crippen molar-refractivity contribution in [2.24, 2.45) is 5.92 Å². The van der Waals surface area contributed by atoms with Gasteiger partial charge in [0.25, 0.3) is 0 Å². The first-order valence-electron chi connectivity index (χ1n) is 9.98. The number of likely N-dealkylation sites (tertiary alicyclic amines) is 1. The van der Waals surface area contributed by atoms with E-state index in [1.54, 1.807) is 0 Å². The molecule has 3 aliphatic heterocycles. The first kappa shape index (κ1) is 16.2. The van der Waals surface area contributed by atoms with Crippen LogP contribution in [0.3, 0.4) is 0 Å². The van der Waals surface area contributed by atoms with E-state index in [0.717, 1.165) is 43.7 Å². The van der Waals surface area contributed by atoms with Gasteiger partial charge in [-0.05, 0) is 45.1 Å². The maximum Gasteiger partial charge on any atom is 0.237 e. The fraction of sp³-hybridized carbons (Fsp3) is 0.650. The summed E-state index contributed by atoms with van der Waals surface area (Å²) >= 11 is 0. The normalized spacial score (nSPS) is 28.5. The van der Waals surface area contributed by atoms with E-state index in [1.807, 2.05) is 23.7 Å². The van der Waals surface area contributed by atoms with Crippen molar-refractivity contribution in [1.82, 2.24) is 24.4 Å². The van der Waals surface area contributed by atoms with Crippen LogP contribution in [0.15, 0.2) is 12.3 Å². The molecule has 2 fully saturated rings. The smallest absolute Gasteiger partial charge is 0.237 e. The average Bonchev–Trinajstić information content (AvgIpc) is 3.14. The third-order valence-corrected chi connectivity index (χ3v) is 6.42. The molecule has 1 amide bonds. The molecule has 5 heterocycles. The van der Waals surface area contributed by atoms with Gasteiger partial charge in [0.05, 0.1) is 24.0 Å². The van der Waals surface area contributed by atoms with Crippen molar-refractivity contribution in [3.8, 4) is 0 Å². The summed E-state index contributed by atoms with van der Waals surface area (Å²) in [6.07, 6.45) is 7.52. The summed E-state index contributed by atoms with van der Waals surface area (Å²) in [7, 11) is 0. The molecule has 0 N–H and O–H groups in total. The van der Waals surface area contributed by atoms with Gasteiger partial charge in [0, 0.05) is 36.8 Å². The van der Waals surface area contributed by atoms with Crippen LogP contribution in [-0.4, -0.2) is 56.0 Å². The van der Waals surface area contributed by atoms with Crippen LogP contribution in [-0.2, 0) is 11.2 Å². The number of aromatic nitrogens is 3. The van der Waals surface area contributed by atoms with Crippen LogP contribution in [0.4, 0.5) is 0 Å². The molecule has 2 bridgehead atoms. The lowest BCUT2D eigenvalue weighted by Gasteiger charge is -2.38. The number of hydrogen-bond donors (Lipinski definition) is 0. The first-order valence-corrected chi connectivity index (χ1v) is 9.98. The molecular weight excluding hydrogens is 326 g/mol. The maximum absolute atomic E-state index is 13.2. The molecular formula is C20H27N5O. The fourth-order valence-electron chi connectivity index (χ4n) is 5.28. The Labute approximate surface area is 154 Å². The standard InChI is InChI=1S/C20H27N5O/c1-13-4-3-7-23(11-13)12-20(26)24-15-5-6-17(24)16-10-21-19-8-14(2)22-25(19)18(16)9-15/h8,10,13,15,17H,3-7,9,11-12H2,1-2H3/t13-,15+,17+/m0/s1. The largest absolute Gasteiger partial charge is 0.331 e. The van der Waals surface area contributed by atoms with Crippen LogP contribution in [0.25, 0.3) is 5.65 Å². The van der Waals surface area contributed by atoms with E-state index < -0.39 is 0 Å². The van der Waals surface area contributed by atoms with E-state index in [-0.39, 0.29) is 6.04 Å². The summed E-state index contributed by atoms with van der Waals surface area (Å²) in [6, 6.07) is 2.52. The lowest BCUT2D eigenvalue weighted by atomic mass is 9.98. The minimum absolute atomic E-state index is 0.180. The summed E-state index contributed by atoms with van der Waals surface area (Å²) in [4.78, 5) is 22.3. The molecule has 2 aromatic rings. The lowest BCUT2D eigenvalue weighted by Crippen LogP contribution is -2.48. The van der Waals surface area contributed by atoms with Crippen molar-refractivity contribution >= 4 is 11.6 Å². The van der Waals surface area contributed by atoms with Crippen LogP contribution < -0.4 is 0 Å². The van der Waals surface area contributed by atoms with Crippen molar-refractivity contribution in [2.75, 3.05) is 19.6 Å². The third-order valence-electron chi connectivity index (χ3n) is 6.42. The molecule has 0 spiro atoms. The first-order chi connectivity index (χ1) is 12.6. The van der Waals surface area contributed by atoms with Crippen molar-refractivity contribution in [2.45, 2.75) is 58.0 Å². The molecule has 2 aromatic heterocycles.